The molecule has 0 spiro atoms. The summed E-state index contributed by atoms with van der Waals surface area (Å²) in [4.78, 5) is 46.8. The number of nitrogens with zero attached hydrogens (tertiary/aromatic N) is 2. The topological polar surface area (TPSA) is 112 Å². The van der Waals surface area contributed by atoms with Crippen molar-refractivity contribution < 1.29 is 14.4 Å². The number of carbonyl (C=O) groups excluding carboxylic acids is 3. The molecule has 1 aromatic heterocycles. The Morgan fingerprint density at radius 1 is 1.11 bits per heavy atom. The van der Waals surface area contributed by atoms with Crippen LogP contribution in [0.1, 0.15) is 69.4 Å². The summed E-state index contributed by atoms with van der Waals surface area (Å²) < 4.78 is 0. The Morgan fingerprint density at radius 2 is 1.86 bits per heavy atom. The largest absolute Gasteiger partial charge is 0.361 e. The van der Waals surface area contributed by atoms with Crippen molar-refractivity contribution in [3.8, 4) is 0 Å². The number of H-pyrrole nitrogens is 1. The van der Waals surface area contributed by atoms with Crippen molar-refractivity contribution in [2.75, 3.05) is 13.1 Å². The van der Waals surface area contributed by atoms with Crippen molar-refractivity contribution in [2.45, 2.75) is 89.4 Å². The fourth-order valence-corrected chi connectivity index (χ4v) is 6.86. The molecule has 5 atom stereocenters. The number of aromatic nitrogens is 1. The molecule has 3 heterocycles. The number of aryl methyl sites for hydroxylation is 1. The smallest absolute Gasteiger partial charge is 0.245 e. The van der Waals surface area contributed by atoms with Crippen LogP contribution in [0.4, 0.5) is 0 Å². The molecular weight excluding hydrogens is 454 g/mol. The molecule has 2 aromatic rings. The monoisotopic (exact) mass is 493 g/mol. The quantitative estimate of drug-likeness (QED) is 0.595. The average Bonchev–Trinajstić information content (AvgIpc) is 3.56. The fraction of sp³-hybridized carbons (Fsp3) is 0.607. The van der Waals surface area contributed by atoms with E-state index in [1.807, 2.05) is 16.0 Å². The molecule has 2 saturated heterocycles. The number of amides is 3. The van der Waals surface area contributed by atoms with Crippen LogP contribution in [0.25, 0.3) is 10.9 Å². The van der Waals surface area contributed by atoms with Crippen molar-refractivity contribution in [1.29, 1.82) is 0 Å². The van der Waals surface area contributed by atoms with Crippen LogP contribution in [0.15, 0.2) is 24.4 Å². The zero-order valence-corrected chi connectivity index (χ0v) is 21.6. The molecule has 3 fully saturated rings. The first-order chi connectivity index (χ1) is 17.3. The van der Waals surface area contributed by atoms with Crippen molar-refractivity contribution >= 4 is 28.6 Å². The number of hydrogen-bond acceptors (Lipinski definition) is 4. The zero-order valence-electron chi connectivity index (χ0n) is 21.6. The lowest BCUT2D eigenvalue weighted by atomic mass is 9.82. The Hall–Kier alpha value is -2.87. The minimum atomic E-state index is -0.669. The van der Waals surface area contributed by atoms with E-state index in [4.69, 9.17) is 5.73 Å². The molecule has 2 aliphatic heterocycles. The van der Waals surface area contributed by atoms with Gasteiger partial charge in [-0.2, -0.15) is 0 Å². The first-order valence-corrected chi connectivity index (χ1v) is 13.5. The summed E-state index contributed by atoms with van der Waals surface area (Å²) >= 11 is 0. The number of nitrogens with two attached hydrogens (primary N) is 1. The number of aromatic amines is 1. The number of benzene rings is 1. The maximum Gasteiger partial charge on any atom is 0.245 e. The van der Waals surface area contributed by atoms with Gasteiger partial charge in [0.1, 0.15) is 6.04 Å². The molecule has 0 unspecified atom stereocenters. The molecule has 194 valence electrons. The lowest BCUT2D eigenvalue weighted by Gasteiger charge is -2.36. The highest BCUT2D eigenvalue weighted by atomic mass is 16.2. The van der Waals surface area contributed by atoms with E-state index in [-0.39, 0.29) is 41.6 Å². The molecule has 1 aromatic carbocycles. The number of rotatable bonds is 5. The van der Waals surface area contributed by atoms with Gasteiger partial charge in [-0.1, -0.05) is 31.4 Å². The van der Waals surface area contributed by atoms with E-state index in [0.29, 0.717) is 13.1 Å². The first kappa shape index (κ1) is 24.8. The van der Waals surface area contributed by atoms with Gasteiger partial charge in [0, 0.05) is 43.0 Å². The number of hydrogen-bond donors (Lipinski definition) is 3. The van der Waals surface area contributed by atoms with Gasteiger partial charge < -0.3 is 25.8 Å². The fourth-order valence-electron chi connectivity index (χ4n) is 6.86. The van der Waals surface area contributed by atoms with Crippen molar-refractivity contribution in [3.63, 3.8) is 0 Å². The highest BCUT2D eigenvalue weighted by Gasteiger charge is 2.53. The molecule has 1 aliphatic carbocycles. The lowest BCUT2D eigenvalue weighted by molar-refractivity contribution is -0.139. The number of nitrogens with one attached hydrogen (secondary N) is 2. The van der Waals surface area contributed by atoms with E-state index in [2.05, 4.69) is 35.4 Å². The van der Waals surface area contributed by atoms with Gasteiger partial charge in [0.25, 0.3) is 0 Å². The van der Waals surface area contributed by atoms with Crippen LogP contribution in [0.3, 0.4) is 0 Å². The van der Waals surface area contributed by atoms with E-state index in [1.165, 1.54) is 12.0 Å². The molecular formula is C28H39N5O3. The Labute approximate surface area is 212 Å². The zero-order chi connectivity index (χ0) is 25.6. The third kappa shape index (κ3) is 4.40. The number of fused-ring (bicyclic) bond motifs is 2. The van der Waals surface area contributed by atoms with Gasteiger partial charge in [-0.3, -0.25) is 14.4 Å². The van der Waals surface area contributed by atoms with Crippen LogP contribution in [0.2, 0.25) is 0 Å². The second-order valence-electron chi connectivity index (χ2n) is 11.1. The Kier molecular flexibility index (Phi) is 6.81. The summed E-state index contributed by atoms with van der Waals surface area (Å²) in [7, 11) is 0. The van der Waals surface area contributed by atoms with Gasteiger partial charge in [-0.25, -0.2) is 0 Å². The third-order valence-electron chi connectivity index (χ3n) is 8.68. The van der Waals surface area contributed by atoms with E-state index in [0.717, 1.165) is 48.6 Å². The molecule has 4 N–H and O–H groups in total. The van der Waals surface area contributed by atoms with Crippen LogP contribution in [0, 0.1) is 12.8 Å². The molecule has 5 rings (SSSR count). The van der Waals surface area contributed by atoms with Crippen molar-refractivity contribution in [2.24, 2.45) is 11.7 Å². The lowest BCUT2D eigenvalue weighted by Crippen LogP contribution is -2.57. The van der Waals surface area contributed by atoms with Gasteiger partial charge in [0.2, 0.25) is 17.7 Å². The van der Waals surface area contributed by atoms with Crippen LogP contribution in [-0.2, 0) is 14.4 Å². The molecule has 3 amide bonds. The van der Waals surface area contributed by atoms with Gasteiger partial charge in [0.05, 0.1) is 18.1 Å². The average molecular weight is 494 g/mol. The Morgan fingerprint density at radius 3 is 2.56 bits per heavy atom. The summed E-state index contributed by atoms with van der Waals surface area (Å²) in [5, 5.41) is 4.16. The van der Waals surface area contributed by atoms with Gasteiger partial charge in [-0.05, 0) is 56.2 Å². The molecule has 0 radical (unpaired) electrons. The van der Waals surface area contributed by atoms with Crippen LogP contribution >= 0.6 is 0 Å². The standard InChI is InChI=1S/C28H39N5O3/c1-16-9-10-20-21(14-30-23(20)13-16)22-15-33(18(3)34)24-11-12-32(26(22)24)28(36)25(31-27(35)17(2)29)19-7-5-4-6-8-19/h9-10,13-14,17,19,22,24-26,30H,4-8,11-12,15,29H2,1-3H3,(H,31,35)/t17-,22+,24+,25-,26+/m0/s1. The molecule has 0 bridgehead atoms. The number of carbonyl (C=O) groups is 3. The predicted molar refractivity (Wildman–Crippen MR) is 139 cm³/mol. The summed E-state index contributed by atoms with van der Waals surface area (Å²) in [6.07, 6.45) is 7.99. The molecule has 8 heteroatoms. The van der Waals surface area contributed by atoms with E-state index >= 15 is 0 Å². The summed E-state index contributed by atoms with van der Waals surface area (Å²) in [6.45, 7) is 6.53. The normalized spacial score (nSPS) is 26.2. The highest BCUT2D eigenvalue weighted by molar-refractivity contribution is 5.91. The van der Waals surface area contributed by atoms with Crippen molar-refractivity contribution in [3.05, 3.63) is 35.5 Å². The summed E-state index contributed by atoms with van der Waals surface area (Å²) in [5.41, 5.74) is 9.28. The van der Waals surface area contributed by atoms with Crippen molar-refractivity contribution in [1.82, 2.24) is 20.1 Å². The first-order valence-electron chi connectivity index (χ1n) is 13.5. The molecule has 1 saturated carbocycles. The predicted octanol–water partition coefficient (Wildman–Crippen LogP) is 2.80. The summed E-state index contributed by atoms with van der Waals surface area (Å²) in [6, 6.07) is 5.01. The highest BCUT2D eigenvalue weighted by Crippen LogP contribution is 2.44. The van der Waals surface area contributed by atoms with Crippen LogP contribution in [-0.4, -0.2) is 69.8 Å². The second kappa shape index (κ2) is 9.88. The Bertz CT molecular complexity index is 1150. The second-order valence-corrected chi connectivity index (χ2v) is 11.1. The number of likely N-dealkylation sites (tertiary alicyclic amines) is 2. The van der Waals surface area contributed by atoms with Crippen LogP contribution < -0.4 is 11.1 Å². The Balaban J connectivity index is 1.49. The minimum Gasteiger partial charge on any atom is -0.361 e. The molecule has 3 aliphatic rings. The van der Waals surface area contributed by atoms with Gasteiger partial charge >= 0.3 is 0 Å². The van der Waals surface area contributed by atoms with Crippen LogP contribution in [0.5, 0.6) is 0 Å². The summed E-state index contributed by atoms with van der Waals surface area (Å²) in [5.74, 6) is -0.123. The maximum atomic E-state index is 14.2. The van der Waals surface area contributed by atoms with Gasteiger partial charge in [0.15, 0.2) is 0 Å². The maximum absolute atomic E-state index is 14.2. The van der Waals surface area contributed by atoms with Gasteiger partial charge in [-0.15, -0.1) is 0 Å². The molecule has 8 nitrogen and oxygen atoms in total. The minimum absolute atomic E-state index is 0.0111. The van der Waals surface area contributed by atoms with E-state index in [9.17, 15) is 14.4 Å². The SMILES string of the molecule is CC(=O)N1C[C@H](c2c[nH]c3cc(C)ccc23)[C@@H]2[C@H]1CCN2C(=O)[C@@H](NC(=O)[C@H](C)N)C1CCCCC1. The molecule has 36 heavy (non-hydrogen) atoms. The third-order valence-corrected chi connectivity index (χ3v) is 8.68. The van der Waals surface area contributed by atoms with E-state index < -0.39 is 12.1 Å². The van der Waals surface area contributed by atoms with E-state index in [1.54, 1.807) is 13.8 Å².